The van der Waals surface area contributed by atoms with Crippen molar-refractivity contribution in [3.05, 3.63) is 76.8 Å². The molecule has 3 atom stereocenters. The fraction of sp³-hybridized carbons (Fsp3) is 0.487. The Morgan fingerprint density at radius 2 is 1.65 bits per heavy atom. The van der Waals surface area contributed by atoms with E-state index in [1.807, 2.05) is 48.5 Å². The highest BCUT2D eigenvalue weighted by Gasteiger charge is 2.40. The number of amides is 2. The van der Waals surface area contributed by atoms with Crippen molar-refractivity contribution < 1.29 is 23.5 Å². The van der Waals surface area contributed by atoms with Gasteiger partial charge in [-0.15, -0.1) is 0 Å². The summed E-state index contributed by atoms with van der Waals surface area (Å²) in [4.78, 5) is 28.6. The number of piperidine rings is 1. The summed E-state index contributed by atoms with van der Waals surface area (Å²) in [5.41, 5.74) is 5.00. The number of nitrogens with one attached hydrogen (secondary N) is 2. The molecule has 2 unspecified atom stereocenters. The number of halogens is 1. The number of hydrogen-bond acceptors (Lipinski definition) is 6. The van der Waals surface area contributed by atoms with E-state index < -0.39 is 14.4 Å². The van der Waals surface area contributed by atoms with E-state index in [0.717, 1.165) is 35.1 Å². The lowest BCUT2D eigenvalue weighted by molar-refractivity contribution is -0.116. The molecule has 0 aromatic heterocycles. The average molecular weight is 706 g/mol. The van der Waals surface area contributed by atoms with Gasteiger partial charge in [-0.05, 0) is 74.1 Å². The molecule has 2 N–H and O–H groups in total. The third-order valence-electron chi connectivity index (χ3n) is 10.6. The molecule has 0 spiro atoms. The van der Waals surface area contributed by atoms with Crippen molar-refractivity contribution >= 4 is 43.3 Å². The van der Waals surface area contributed by atoms with E-state index >= 15 is 0 Å². The predicted octanol–water partition coefficient (Wildman–Crippen LogP) is 9.67. The maximum atomic E-state index is 13.2. The van der Waals surface area contributed by atoms with Crippen LogP contribution in [0.5, 0.6) is 5.75 Å². The molecule has 10 heteroatoms. The molecule has 2 heterocycles. The first-order chi connectivity index (χ1) is 23.2. The summed E-state index contributed by atoms with van der Waals surface area (Å²) in [7, 11) is 1.82. The summed E-state index contributed by atoms with van der Waals surface area (Å²) in [6, 6.07) is 20.6. The zero-order valence-electron chi connectivity index (χ0n) is 30.0. The van der Waals surface area contributed by atoms with Crippen LogP contribution in [0, 0.1) is 0 Å². The molecule has 2 fully saturated rings. The maximum Gasteiger partial charge on any atom is 0.411 e. The maximum absolute atomic E-state index is 13.2. The molecule has 2 aliphatic heterocycles. The fourth-order valence-electron chi connectivity index (χ4n) is 6.60. The van der Waals surface area contributed by atoms with Crippen LogP contribution in [0.25, 0.3) is 11.1 Å². The van der Waals surface area contributed by atoms with E-state index in [1.165, 1.54) is 12.8 Å². The van der Waals surface area contributed by atoms with E-state index in [-0.39, 0.29) is 17.0 Å². The highest BCUT2D eigenvalue weighted by Crippen LogP contribution is 2.39. The van der Waals surface area contributed by atoms with Crippen LogP contribution < -0.4 is 15.4 Å². The lowest BCUT2D eigenvalue weighted by Crippen LogP contribution is -2.43. The lowest BCUT2D eigenvalue weighted by atomic mass is 9.99. The normalized spacial score (nSPS) is 19.4. The Kier molecular flexibility index (Phi) is 11.8. The quantitative estimate of drug-likeness (QED) is 0.183. The first-order valence-electron chi connectivity index (χ1n) is 17.4. The van der Waals surface area contributed by atoms with Crippen LogP contribution in [-0.4, -0.2) is 57.6 Å². The van der Waals surface area contributed by atoms with Crippen LogP contribution in [-0.2, 0) is 27.0 Å². The van der Waals surface area contributed by atoms with Gasteiger partial charge in [0.25, 0.3) is 0 Å². The van der Waals surface area contributed by atoms with E-state index in [1.54, 1.807) is 13.2 Å². The Balaban J connectivity index is 1.19. The van der Waals surface area contributed by atoms with E-state index in [4.69, 9.17) is 25.5 Å². The monoisotopic (exact) mass is 705 g/mol. The first kappa shape index (κ1) is 36.9. The SMILES string of the molecule is COc1cc(NC(=O)CCCc2ccc(-c3ccccc3)c(NC(=O)OC3CC4CC[C@H](C3)N4C)c2)c(Cl)cc1CO[Si](C)(C)C(C)(C)C. The number of hydrogen-bond donors (Lipinski definition) is 2. The van der Waals surface area contributed by atoms with Gasteiger partial charge in [-0.2, -0.15) is 0 Å². The molecule has 0 saturated carbocycles. The molecule has 0 aliphatic carbocycles. The topological polar surface area (TPSA) is 89.1 Å². The fourth-order valence-corrected chi connectivity index (χ4v) is 7.78. The lowest BCUT2D eigenvalue weighted by Gasteiger charge is -2.36. The van der Waals surface area contributed by atoms with Gasteiger partial charge in [0.2, 0.25) is 5.91 Å². The molecule has 3 aromatic rings. The first-order valence-corrected chi connectivity index (χ1v) is 20.7. The second-order valence-electron chi connectivity index (χ2n) is 15.0. The number of anilines is 2. The van der Waals surface area contributed by atoms with Gasteiger partial charge >= 0.3 is 6.09 Å². The second-order valence-corrected chi connectivity index (χ2v) is 20.2. The molecular formula is C39H52ClN3O5Si. The summed E-state index contributed by atoms with van der Waals surface area (Å²) < 4.78 is 18.0. The van der Waals surface area contributed by atoms with Crippen LogP contribution in [0.15, 0.2) is 60.7 Å². The van der Waals surface area contributed by atoms with Crippen LogP contribution in [0.4, 0.5) is 16.2 Å². The molecule has 8 nitrogen and oxygen atoms in total. The van der Waals surface area contributed by atoms with Crippen molar-refractivity contribution in [1.82, 2.24) is 4.90 Å². The van der Waals surface area contributed by atoms with Gasteiger partial charge in [0.05, 0.1) is 30.1 Å². The van der Waals surface area contributed by atoms with E-state index in [2.05, 4.69) is 62.5 Å². The van der Waals surface area contributed by atoms with Gasteiger partial charge in [0, 0.05) is 48.5 Å². The Morgan fingerprint density at radius 3 is 2.31 bits per heavy atom. The number of aryl methyl sites for hydroxylation is 1. The van der Waals surface area contributed by atoms with Crippen molar-refractivity contribution in [3.63, 3.8) is 0 Å². The van der Waals surface area contributed by atoms with Crippen molar-refractivity contribution in [2.24, 2.45) is 0 Å². The Labute approximate surface area is 298 Å². The summed E-state index contributed by atoms with van der Waals surface area (Å²) >= 11 is 6.62. The molecule has 5 rings (SSSR count). The molecule has 2 aliphatic rings. The Morgan fingerprint density at radius 1 is 0.959 bits per heavy atom. The van der Waals surface area contributed by atoms with Crippen LogP contribution >= 0.6 is 11.6 Å². The van der Waals surface area contributed by atoms with Crippen molar-refractivity contribution in [2.45, 2.75) is 109 Å². The van der Waals surface area contributed by atoms with E-state index in [0.29, 0.717) is 60.1 Å². The average Bonchev–Trinajstić information content (AvgIpc) is 3.24. The second kappa shape index (κ2) is 15.7. The molecule has 49 heavy (non-hydrogen) atoms. The van der Waals surface area contributed by atoms with Crippen LogP contribution in [0.2, 0.25) is 23.2 Å². The minimum absolute atomic E-state index is 0.0733. The van der Waals surface area contributed by atoms with Crippen molar-refractivity contribution in [2.75, 3.05) is 24.8 Å². The molecule has 3 aromatic carbocycles. The van der Waals surface area contributed by atoms with Crippen molar-refractivity contribution in [3.8, 4) is 16.9 Å². The summed E-state index contributed by atoms with van der Waals surface area (Å²) in [5, 5.41) is 6.52. The van der Waals surface area contributed by atoms with Gasteiger partial charge < -0.3 is 24.1 Å². The minimum atomic E-state index is -1.97. The van der Waals surface area contributed by atoms with E-state index in [9.17, 15) is 9.59 Å². The highest BCUT2D eigenvalue weighted by molar-refractivity contribution is 6.74. The number of rotatable bonds is 12. The third-order valence-corrected chi connectivity index (χ3v) is 15.4. The third kappa shape index (κ3) is 9.25. The Bertz CT molecular complexity index is 1610. The zero-order chi connectivity index (χ0) is 35.3. The largest absolute Gasteiger partial charge is 0.496 e. The molecular weight excluding hydrogens is 654 g/mol. The van der Waals surface area contributed by atoms with Gasteiger partial charge in [-0.3, -0.25) is 10.1 Å². The number of ether oxygens (including phenoxy) is 2. The van der Waals surface area contributed by atoms with Gasteiger partial charge in [0.15, 0.2) is 8.32 Å². The smallest absolute Gasteiger partial charge is 0.411 e. The number of benzene rings is 3. The van der Waals surface area contributed by atoms with Gasteiger partial charge in [-0.25, -0.2) is 4.79 Å². The van der Waals surface area contributed by atoms with Crippen LogP contribution in [0.3, 0.4) is 0 Å². The summed E-state index contributed by atoms with van der Waals surface area (Å²) in [6.45, 7) is 11.4. The van der Waals surface area contributed by atoms with Gasteiger partial charge in [-0.1, -0.05) is 74.8 Å². The van der Waals surface area contributed by atoms with Crippen LogP contribution in [0.1, 0.15) is 70.4 Å². The number of methoxy groups -OCH3 is 1. The number of fused-ring (bicyclic) bond motifs is 2. The zero-order valence-corrected chi connectivity index (χ0v) is 31.8. The van der Waals surface area contributed by atoms with Gasteiger partial charge in [0.1, 0.15) is 11.9 Å². The summed E-state index contributed by atoms with van der Waals surface area (Å²) in [5.74, 6) is 0.489. The number of carbonyl (C=O) groups is 2. The molecule has 264 valence electrons. The molecule has 2 saturated heterocycles. The highest BCUT2D eigenvalue weighted by atomic mass is 35.5. The number of carbonyl (C=O) groups excluding carboxylic acids is 2. The Hall–Kier alpha value is -3.37. The summed E-state index contributed by atoms with van der Waals surface area (Å²) in [6.07, 6.45) is 5.17. The van der Waals surface area contributed by atoms with Crippen molar-refractivity contribution in [1.29, 1.82) is 0 Å². The molecule has 0 radical (unpaired) electrons. The standard InChI is InChI=1S/C39H52ClN3O5Si/c1-39(2,3)49(6,7)47-25-28-21-33(40)35(24-36(28)46-5)41-37(44)15-11-12-26-16-19-32(27-13-9-8-10-14-27)34(20-26)42-38(45)48-31-22-29-17-18-30(23-31)43(29)4/h8-10,13-14,16,19-21,24,29-31H,11-12,15,17-18,22-23,25H2,1-7H3,(H,41,44)(H,42,45)/t29-,30?,31?/m1/s1. The number of nitrogens with zero attached hydrogens (tertiary/aromatic N) is 1. The predicted molar refractivity (Wildman–Crippen MR) is 201 cm³/mol. The molecule has 2 bridgehead atoms. The molecule has 2 amide bonds. The minimum Gasteiger partial charge on any atom is -0.496 e.